The lowest BCUT2D eigenvalue weighted by Gasteiger charge is -2.32. The van der Waals surface area contributed by atoms with Crippen LogP contribution in [0.15, 0.2) is 12.1 Å². The molecule has 0 bridgehead atoms. The van der Waals surface area contributed by atoms with E-state index >= 15 is 0 Å². The van der Waals surface area contributed by atoms with Crippen molar-refractivity contribution in [3.05, 3.63) is 12.1 Å². The van der Waals surface area contributed by atoms with E-state index in [0.29, 0.717) is 25.0 Å². The van der Waals surface area contributed by atoms with Crippen molar-refractivity contribution in [2.24, 2.45) is 11.8 Å². The Morgan fingerprint density at radius 1 is 0.583 bits per heavy atom. The minimum absolute atomic E-state index is 0.426. The predicted octanol–water partition coefficient (Wildman–Crippen LogP) is 9.90. The summed E-state index contributed by atoms with van der Waals surface area (Å²) >= 11 is 3.48. The Labute approximate surface area is 299 Å². The van der Waals surface area contributed by atoms with Crippen molar-refractivity contribution in [1.82, 2.24) is 0 Å². The highest BCUT2D eigenvalue weighted by Crippen LogP contribution is 2.49. The SMILES string of the molecule is CCCCC(CC)COc1c(OCC(CC)CCCC)c2cc(B3OC(C)(C)C(C)(C)O3)sc2c2sc(B3OC(C)(C)C(C)(C)O3)cc12. The maximum atomic E-state index is 6.96. The second kappa shape index (κ2) is 14.7. The highest BCUT2D eigenvalue weighted by molar-refractivity contribution is 7.35. The van der Waals surface area contributed by atoms with Gasteiger partial charge in [0, 0.05) is 20.3 Å². The quantitative estimate of drug-likeness (QED) is 0.139. The van der Waals surface area contributed by atoms with Crippen LogP contribution in [0.1, 0.15) is 134 Å². The van der Waals surface area contributed by atoms with Crippen LogP contribution in [0.5, 0.6) is 11.5 Å². The molecule has 2 saturated heterocycles. The Bertz CT molecular complexity index is 1400. The minimum Gasteiger partial charge on any atom is -0.489 e. The zero-order chi connectivity index (χ0) is 35.1. The number of unbranched alkanes of at least 4 members (excludes halogenated alkanes) is 2. The van der Waals surface area contributed by atoms with E-state index in [9.17, 15) is 0 Å². The van der Waals surface area contributed by atoms with Crippen LogP contribution in [0.3, 0.4) is 0 Å². The van der Waals surface area contributed by atoms with Gasteiger partial charge in [0.1, 0.15) is 0 Å². The molecule has 0 amide bonds. The predicted molar refractivity (Wildman–Crippen MR) is 206 cm³/mol. The van der Waals surface area contributed by atoms with E-state index in [1.165, 1.54) is 35.1 Å². The van der Waals surface area contributed by atoms with Crippen LogP contribution in [0, 0.1) is 11.8 Å². The van der Waals surface area contributed by atoms with Gasteiger partial charge < -0.3 is 28.1 Å². The molecule has 48 heavy (non-hydrogen) atoms. The molecule has 4 heterocycles. The van der Waals surface area contributed by atoms with Crippen LogP contribution < -0.4 is 19.0 Å². The average molecular weight is 699 g/mol. The Kier molecular flexibility index (Phi) is 11.7. The number of fused-ring (bicyclic) bond motifs is 3. The molecule has 2 aliphatic heterocycles. The number of ether oxygens (including phenoxy) is 2. The molecule has 1 aromatic carbocycles. The van der Waals surface area contributed by atoms with E-state index in [1.807, 2.05) is 0 Å². The number of thiophene rings is 2. The number of hydrogen-bond acceptors (Lipinski definition) is 8. The molecule has 2 aromatic heterocycles. The van der Waals surface area contributed by atoms with Gasteiger partial charge in [0.25, 0.3) is 0 Å². The van der Waals surface area contributed by atoms with Gasteiger partial charge in [-0.15, -0.1) is 22.7 Å². The Hall–Kier alpha value is -1.29. The van der Waals surface area contributed by atoms with Crippen molar-refractivity contribution in [2.45, 2.75) is 157 Å². The molecule has 3 aromatic rings. The smallest absolute Gasteiger partial charge is 0.489 e. The summed E-state index contributed by atoms with van der Waals surface area (Å²) in [6.45, 7) is 27.3. The van der Waals surface area contributed by atoms with Crippen molar-refractivity contribution in [3.8, 4) is 11.5 Å². The van der Waals surface area contributed by atoms with Crippen LogP contribution in [0.25, 0.3) is 20.2 Å². The van der Waals surface area contributed by atoms with Gasteiger partial charge in [-0.2, -0.15) is 0 Å². The second-order valence-electron chi connectivity index (χ2n) is 16.1. The maximum absolute atomic E-state index is 6.96. The van der Waals surface area contributed by atoms with Gasteiger partial charge in [-0.25, -0.2) is 0 Å². The van der Waals surface area contributed by atoms with E-state index in [1.54, 1.807) is 22.7 Å². The summed E-state index contributed by atoms with van der Waals surface area (Å²) in [5.41, 5.74) is -1.70. The van der Waals surface area contributed by atoms with Crippen molar-refractivity contribution in [3.63, 3.8) is 0 Å². The summed E-state index contributed by atoms with van der Waals surface area (Å²) in [6, 6.07) is 4.47. The van der Waals surface area contributed by atoms with E-state index in [-0.39, 0.29) is 0 Å². The number of benzene rings is 1. The van der Waals surface area contributed by atoms with Crippen molar-refractivity contribution in [1.29, 1.82) is 0 Å². The third-order valence-corrected chi connectivity index (χ3v) is 13.9. The molecule has 0 saturated carbocycles. The highest BCUT2D eigenvalue weighted by atomic mass is 32.1. The first kappa shape index (κ1) is 38.0. The monoisotopic (exact) mass is 698 g/mol. The van der Waals surface area contributed by atoms with Crippen molar-refractivity contribution >= 4 is 66.6 Å². The lowest BCUT2D eigenvalue weighted by Crippen LogP contribution is -2.41. The lowest BCUT2D eigenvalue weighted by molar-refractivity contribution is 0.00578. The molecule has 0 aliphatic carbocycles. The van der Waals surface area contributed by atoms with Crippen LogP contribution in [0.2, 0.25) is 0 Å². The first-order valence-electron chi connectivity index (χ1n) is 18.6. The molecule has 0 N–H and O–H groups in total. The lowest BCUT2D eigenvalue weighted by atomic mass is 9.87. The van der Waals surface area contributed by atoms with Gasteiger partial charge >= 0.3 is 14.2 Å². The van der Waals surface area contributed by atoms with Gasteiger partial charge in [0.05, 0.1) is 45.0 Å². The summed E-state index contributed by atoms with van der Waals surface area (Å²) in [7, 11) is -0.901. The van der Waals surface area contributed by atoms with Crippen LogP contribution in [0.4, 0.5) is 0 Å². The molecule has 10 heteroatoms. The summed E-state index contributed by atoms with van der Waals surface area (Å²) in [4.78, 5) is 0. The third-order valence-electron chi connectivity index (χ3n) is 11.4. The molecule has 0 radical (unpaired) electrons. The van der Waals surface area contributed by atoms with Gasteiger partial charge in [0.15, 0.2) is 11.5 Å². The van der Waals surface area contributed by atoms with E-state index in [2.05, 4.69) is 95.2 Å². The molecule has 5 rings (SSSR count). The van der Waals surface area contributed by atoms with Crippen molar-refractivity contribution < 1.29 is 28.1 Å². The largest absolute Gasteiger partial charge is 0.505 e. The molecule has 2 unspecified atom stereocenters. The van der Waals surface area contributed by atoms with Crippen LogP contribution in [-0.2, 0) is 18.6 Å². The third kappa shape index (κ3) is 7.50. The fourth-order valence-electron chi connectivity index (χ4n) is 6.38. The van der Waals surface area contributed by atoms with Gasteiger partial charge in [0.2, 0.25) is 0 Å². The molecule has 6 nitrogen and oxygen atoms in total. The molecule has 2 atom stereocenters. The number of hydrogen-bond donors (Lipinski definition) is 0. The molecular weight excluding hydrogens is 638 g/mol. The van der Waals surface area contributed by atoms with Crippen LogP contribution in [-0.4, -0.2) is 49.9 Å². The summed E-state index contributed by atoms with van der Waals surface area (Å²) in [5, 5.41) is 2.14. The zero-order valence-corrected chi connectivity index (χ0v) is 33.4. The molecular formula is C38H60B2O6S2. The Morgan fingerprint density at radius 3 is 1.21 bits per heavy atom. The zero-order valence-electron chi connectivity index (χ0n) is 31.8. The van der Waals surface area contributed by atoms with E-state index in [0.717, 1.165) is 57.5 Å². The normalized spacial score (nSPS) is 21.0. The average Bonchev–Trinajstić information content (AvgIpc) is 3.75. The highest BCUT2D eigenvalue weighted by Gasteiger charge is 2.53. The standard InChI is InChI=1S/C38H60B2O6S2/c1-13-17-19-25(15-3)23-41-31-27-21-29(39-43-35(5,6)36(7,8)44-39)47-33(27)34-28(32(31)42-24-26(16-4)20-18-14-2)22-30(48-34)40-45-37(9,10)38(11,12)46-40/h21-22,25-26H,13-20,23-24H2,1-12H3. The van der Waals surface area contributed by atoms with E-state index < -0.39 is 36.6 Å². The van der Waals surface area contributed by atoms with Gasteiger partial charge in [-0.1, -0.05) is 66.2 Å². The fourth-order valence-corrected chi connectivity index (χ4v) is 8.76. The molecule has 2 fully saturated rings. The fraction of sp³-hybridized carbons (Fsp3) is 0.737. The Balaban J connectivity index is 1.66. The van der Waals surface area contributed by atoms with Gasteiger partial charge in [-0.3, -0.25) is 0 Å². The van der Waals surface area contributed by atoms with E-state index in [4.69, 9.17) is 28.1 Å². The molecule has 2 aliphatic rings. The Morgan fingerprint density at radius 2 is 0.917 bits per heavy atom. The van der Waals surface area contributed by atoms with Crippen LogP contribution >= 0.6 is 22.7 Å². The van der Waals surface area contributed by atoms with Crippen molar-refractivity contribution in [2.75, 3.05) is 13.2 Å². The summed E-state index contributed by atoms with van der Waals surface area (Å²) in [6.07, 6.45) is 9.30. The molecule has 266 valence electrons. The summed E-state index contributed by atoms with van der Waals surface area (Å²) in [5.74, 6) is 2.66. The summed E-state index contributed by atoms with van der Waals surface area (Å²) < 4.78 is 44.6. The number of rotatable bonds is 16. The first-order chi connectivity index (χ1) is 22.6. The minimum atomic E-state index is -0.450. The van der Waals surface area contributed by atoms with Gasteiger partial charge in [-0.05, 0) is 92.2 Å². The first-order valence-corrected chi connectivity index (χ1v) is 20.2. The maximum Gasteiger partial charge on any atom is 0.505 e. The molecule has 0 spiro atoms. The second-order valence-corrected chi connectivity index (χ2v) is 18.2. The topological polar surface area (TPSA) is 55.4 Å².